The van der Waals surface area contributed by atoms with Crippen LogP contribution in [0.3, 0.4) is 0 Å². The Hall–Kier alpha value is -1.75. The number of hydrogen-bond acceptors (Lipinski definition) is 3. The van der Waals surface area contributed by atoms with E-state index in [0.717, 1.165) is 31.0 Å². The van der Waals surface area contributed by atoms with Crippen molar-refractivity contribution in [1.29, 1.82) is 0 Å². The monoisotopic (exact) mass is 319 g/mol. The highest BCUT2D eigenvalue weighted by Gasteiger charge is 2.36. The third-order valence-corrected chi connectivity index (χ3v) is 4.33. The van der Waals surface area contributed by atoms with Crippen molar-refractivity contribution < 1.29 is 9.47 Å². The third-order valence-electron chi connectivity index (χ3n) is 4.33. The average molecular weight is 319 g/mol. The lowest BCUT2D eigenvalue weighted by molar-refractivity contribution is 0.0780. The molecule has 0 atom stereocenters. The Kier molecular flexibility index (Phi) is 6.28. The standard InChI is InChI=1S/C18H29N3O2/c1-14(2)23-16-7-5-15(6-8-16)21-17(19)20-13-18(9-4-10-18)11-12-22-3/h5-8,14H,4,9-13H2,1-3H3,(H3,19,20,21). The maximum atomic E-state index is 6.02. The highest BCUT2D eigenvalue weighted by molar-refractivity contribution is 5.92. The van der Waals surface area contributed by atoms with Gasteiger partial charge in [0.05, 0.1) is 6.10 Å². The van der Waals surface area contributed by atoms with Gasteiger partial charge in [-0.3, -0.25) is 4.99 Å². The van der Waals surface area contributed by atoms with Gasteiger partial charge in [0, 0.05) is 25.9 Å². The Labute approximate surface area is 139 Å². The van der Waals surface area contributed by atoms with Gasteiger partial charge in [0.15, 0.2) is 5.96 Å². The summed E-state index contributed by atoms with van der Waals surface area (Å²) in [6, 6.07) is 7.76. The number of nitrogens with two attached hydrogens (primary N) is 1. The van der Waals surface area contributed by atoms with Crippen LogP contribution >= 0.6 is 0 Å². The first kappa shape index (κ1) is 17.6. The van der Waals surface area contributed by atoms with Crippen LogP contribution in [0, 0.1) is 5.41 Å². The van der Waals surface area contributed by atoms with Crippen molar-refractivity contribution in [3.8, 4) is 5.75 Å². The van der Waals surface area contributed by atoms with E-state index in [-0.39, 0.29) is 11.5 Å². The van der Waals surface area contributed by atoms with Crippen LogP contribution in [0.1, 0.15) is 39.5 Å². The van der Waals surface area contributed by atoms with Crippen LogP contribution in [-0.4, -0.2) is 32.3 Å². The Bertz CT molecular complexity index is 508. The quantitative estimate of drug-likeness (QED) is 0.569. The minimum Gasteiger partial charge on any atom is -0.491 e. The van der Waals surface area contributed by atoms with E-state index in [9.17, 15) is 0 Å². The molecule has 5 nitrogen and oxygen atoms in total. The summed E-state index contributed by atoms with van der Waals surface area (Å²) in [7, 11) is 1.75. The molecule has 0 aromatic heterocycles. The number of anilines is 1. The molecule has 0 unspecified atom stereocenters. The third kappa shape index (κ3) is 5.43. The van der Waals surface area contributed by atoms with E-state index in [0.29, 0.717) is 5.96 Å². The van der Waals surface area contributed by atoms with Crippen LogP contribution in [-0.2, 0) is 4.74 Å². The number of aliphatic imine (C=N–C) groups is 1. The number of ether oxygens (including phenoxy) is 2. The summed E-state index contributed by atoms with van der Waals surface area (Å²) < 4.78 is 10.8. The van der Waals surface area contributed by atoms with E-state index >= 15 is 0 Å². The molecule has 0 spiro atoms. The van der Waals surface area contributed by atoms with Gasteiger partial charge in [-0.05, 0) is 62.8 Å². The summed E-state index contributed by atoms with van der Waals surface area (Å²) in [5.74, 6) is 1.32. The van der Waals surface area contributed by atoms with Crippen molar-refractivity contribution in [2.24, 2.45) is 16.1 Å². The molecule has 1 aliphatic rings. The van der Waals surface area contributed by atoms with Gasteiger partial charge in [-0.1, -0.05) is 6.42 Å². The highest BCUT2D eigenvalue weighted by atomic mass is 16.5. The Morgan fingerprint density at radius 1 is 1.30 bits per heavy atom. The van der Waals surface area contributed by atoms with Crippen LogP contribution in [0.4, 0.5) is 5.69 Å². The molecule has 0 aliphatic heterocycles. The van der Waals surface area contributed by atoms with Gasteiger partial charge in [-0.25, -0.2) is 0 Å². The Morgan fingerprint density at radius 3 is 2.52 bits per heavy atom. The predicted octanol–water partition coefficient (Wildman–Crippen LogP) is 3.41. The zero-order chi connectivity index (χ0) is 16.7. The molecule has 128 valence electrons. The summed E-state index contributed by atoms with van der Waals surface area (Å²) in [4.78, 5) is 4.53. The molecular weight excluding hydrogens is 290 g/mol. The lowest BCUT2D eigenvalue weighted by Crippen LogP contribution is -2.35. The lowest BCUT2D eigenvalue weighted by atomic mass is 9.67. The van der Waals surface area contributed by atoms with Crippen molar-refractivity contribution in [2.75, 3.05) is 25.6 Å². The number of methoxy groups -OCH3 is 1. The van der Waals surface area contributed by atoms with Gasteiger partial charge in [0.2, 0.25) is 0 Å². The van der Waals surface area contributed by atoms with Crippen molar-refractivity contribution in [3.05, 3.63) is 24.3 Å². The normalized spacial score (nSPS) is 17.0. The molecule has 23 heavy (non-hydrogen) atoms. The van der Waals surface area contributed by atoms with E-state index < -0.39 is 0 Å². The van der Waals surface area contributed by atoms with Gasteiger partial charge in [-0.2, -0.15) is 0 Å². The van der Waals surface area contributed by atoms with E-state index in [2.05, 4.69) is 10.3 Å². The topological polar surface area (TPSA) is 68.9 Å². The molecule has 0 radical (unpaired) electrons. The fourth-order valence-corrected chi connectivity index (χ4v) is 2.81. The molecule has 3 N–H and O–H groups in total. The summed E-state index contributed by atoms with van der Waals surface area (Å²) in [6.45, 7) is 5.58. The molecule has 2 rings (SSSR count). The number of nitrogens with zero attached hydrogens (tertiary/aromatic N) is 1. The Balaban J connectivity index is 1.86. The molecule has 1 aliphatic carbocycles. The van der Waals surface area contributed by atoms with Crippen molar-refractivity contribution in [1.82, 2.24) is 0 Å². The number of rotatable bonds is 8. The minimum atomic E-state index is 0.172. The smallest absolute Gasteiger partial charge is 0.193 e. The Morgan fingerprint density at radius 2 is 2.00 bits per heavy atom. The second kappa shape index (κ2) is 8.20. The summed E-state index contributed by atoms with van der Waals surface area (Å²) in [5, 5.41) is 3.14. The second-order valence-corrected chi connectivity index (χ2v) is 6.61. The minimum absolute atomic E-state index is 0.172. The van der Waals surface area contributed by atoms with Gasteiger partial charge in [-0.15, -0.1) is 0 Å². The largest absolute Gasteiger partial charge is 0.491 e. The maximum Gasteiger partial charge on any atom is 0.193 e. The summed E-state index contributed by atoms with van der Waals surface area (Å²) >= 11 is 0. The molecule has 1 aromatic carbocycles. The van der Waals surface area contributed by atoms with Crippen molar-refractivity contribution >= 4 is 11.6 Å². The fourth-order valence-electron chi connectivity index (χ4n) is 2.81. The molecular formula is C18H29N3O2. The van der Waals surface area contributed by atoms with Crippen molar-refractivity contribution in [3.63, 3.8) is 0 Å². The SMILES string of the molecule is COCCC1(CN=C(N)Nc2ccc(OC(C)C)cc2)CCC1. The lowest BCUT2D eigenvalue weighted by Gasteiger charge is -2.40. The number of benzene rings is 1. The van der Waals surface area contributed by atoms with E-state index in [4.69, 9.17) is 15.2 Å². The fraction of sp³-hybridized carbons (Fsp3) is 0.611. The van der Waals surface area contributed by atoms with Crippen LogP contribution in [0.2, 0.25) is 0 Å². The van der Waals surface area contributed by atoms with Gasteiger partial charge in [0.25, 0.3) is 0 Å². The van der Waals surface area contributed by atoms with Gasteiger partial charge < -0.3 is 20.5 Å². The molecule has 0 bridgehead atoms. The molecule has 5 heteroatoms. The zero-order valence-corrected chi connectivity index (χ0v) is 14.5. The molecule has 0 amide bonds. The second-order valence-electron chi connectivity index (χ2n) is 6.61. The number of guanidine groups is 1. The molecule has 1 aromatic rings. The van der Waals surface area contributed by atoms with E-state index in [1.165, 1.54) is 19.3 Å². The maximum absolute atomic E-state index is 6.02. The molecule has 0 saturated heterocycles. The first-order valence-corrected chi connectivity index (χ1v) is 8.36. The molecule has 1 saturated carbocycles. The molecule has 0 heterocycles. The van der Waals surface area contributed by atoms with Crippen LogP contribution < -0.4 is 15.8 Å². The van der Waals surface area contributed by atoms with E-state index in [1.807, 2.05) is 38.1 Å². The molecule has 1 fully saturated rings. The summed E-state index contributed by atoms with van der Waals surface area (Å²) in [5.41, 5.74) is 7.22. The van der Waals surface area contributed by atoms with Gasteiger partial charge >= 0.3 is 0 Å². The van der Waals surface area contributed by atoms with Gasteiger partial charge in [0.1, 0.15) is 5.75 Å². The van der Waals surface area contributed by atoms with Crippen LogP contribution in [0.5, 0.6) is 5.75 Å². The van der Waals surface area contributed by atoms with E-state index in [1.54, 1.807) is 7.11 Å². The van der Waals surface area contributed by atoms with Crippen LogP contribution in [0.25, 0.3) is 0 Å². The van der Waals surface area contributed by atoms with Crippen LogP contribution in [0.15, 0.2) is 29.3 Å². The number of nitrogens with one attached hydrogen (secondary N) is 1. The predicted molar refractivity (Wildman–Crippen MR) is 95.1 cm³/mol. The average Bonchev–Trinajstić information content (AvgIpc) is 2.47. The zero-order valence-electron chi connectivity index (χ0n) is 14.5. The highest BCUT2D eigenvalue weighted by Crippen LogP contribution is 2.44. The number of hydrogen-bond donors (Lipinski definition) is 2. The first-order chi connectivity index (χ1) is 11.0. The van der Waals surface area contributed by atoms with Crippen molar-refractivity contribution in [2.45, 2.75) is 45.6 Å². The first-order valence-electron chi connectivity index (χ1n) is 8.36. The summed E-state index contributed by atoms with van der Waals surface area (Å²) in [6.07, 6.45) is 4.94.